The monoisotopic (exact) mass is 310 g/mol. The highest BCUT2D eigenvalue weighted by atomic mass is 16.6. The van der Waals surface area contributed by atoms with E-state index in [1.807, 2.05) is 0 Å². The summed E-state index contributed by atoms with van der Waals surface area (Å²) in [5, 5.41) is 11.3. The van der Waals surface area contributed by atoms with Gasteiger partial charge in [0.1, 0.15) is 17.3 Å². The second kappa shape index (κ2) is 4.70. The van der Waals surface area contributed by atoms with Crippen LogP contribution >= 0.6 is 0 Å². The molecule has 2 saturated heterocycles. The topological polar surface area (TPSA) is 55.8 Å². The van der Waals surface area contributed by atoms with E-state index in [9.17, 15) is 9.90 Å². The molecule has 22 heavy (non-hydrogen) atoms. The maximum absolute atomic E-state index is 11.6. The molecule has 2 heterocycles. The zero-order valence-corrected chi connectivity index (χ0v) is 14.7. The zero-order valence-electron chi connectivity index (χ0n) is 14.7. The number of ether oxygens (including phenoxy) is 2. The molecule has 4 heteroatoms. The third kappa shape index (κ3) is 1.74. The van der Waals surface area contributed by atoms with E-state index in [1.165, 1.54) is 6.92 Å². The van der Waals surface area contributed by atoms with Crippen molar-refractivity contribution >= 4 is 5.97 Å². The molecule has 1 aliphatic carbocycles. The number of fused-ring (bicyclic) bond motifs is 4. The zero-order chi connectivity index (χ0) is 16.5. The van der Waals surface area contributed by atoms with E-state index in [0.29, 0.717) is 12.3 Å². The molecule has 4 nitrogen and oxygen atoms in total. The van der Waals surface area contributed by atoms with Crippen LogP contribution in [0.1, 0.15) is 60.8 Å². The van der Waals surface area contributed by atoms with Crippen LogP contribution in [0.2, 0.25) is 0 Å². The van der Waals surface area contributed by atoms with E-state index in [1.54, 1.807) is 0 Å². The molecule has 3 aliphatic rings. The summed E-state index contributed by atoms with van der Waals surface area (Å²) in [5.41, 5.74) is -1.28. The first kappa shape index (κ1) is 16.3. The van der Waals surface area contributed by atoms with E-state index >= 15 is 0 Å². The Kier molecular flexibility index (Phi) is 3.47. The predicted octanol–water partition coefficient (Wildman–Crippen LogP) is 2.92. The third-order valence-corrected chi connectivity index (χ3v) is 7.28. The van der Waals surface area contributed by atoms with E-state index in [0.717, 1.165) is 12.8 Å². The Morgan fingerprint density at radius 3 is 2.50 bits per heavy atom. The molecule has 1 N–H and O–H groups in total. The van der Waals surface area contributed by atoms with Crippen LogP contribution < -0.4 is 0 Å². The number of carbonyl (C=O) groups excluding carboxylic acids is 1. The van der Waals surface area contributed by atoms with Crippen molar-refractivity contribution in [1.29, 1.82) is 0 Å². The lowest BCUT2D eigenvalue weighted by Crippen LogP contribution is -2.65. The van der Waals surface area contributed by atoms with Gasteiger partial charge in [-0.1, -0.05) is 27.7 Å². The fraction of sp³-hybridized carbons (Fsp3) is 0.944. The van der Waals surface area contributed by atoms with Gasteiger partial charge >= 0.3 is 5.97 Å². The second-order valence-corrected chi connectivity index (χ2v) is 8.50. The lowest BCUT2D eigenvalue weighted by atomic mass is 9.59. The number of aliphatic hydroxyl groups is 1. The molecule has 0 radical (unpaired) electrons. The highest BCUT2D eigenvalue weighted by Crippen LogP contribution is 2.67. The molecule has 2 bridgehead atoms. The smallest absolute Gasteiger partial charge is 0.303 e. The fourth-order valence-corrected chi connectivity index (χ4v) is 5.77. The molecule has 0 aromatic carbocycles. The van der Waals surface area contributed by atoms with Crippen molar-refractivity contribution in [2.24, 2.45) is 23.2 Å². The number of rotatable bonds is 2. The summed E-state index contributed by atoms with van der Waals surface area (Å²) in [6.07, 6.45) is 1.94. The summed E-state index contributed by atoms with van der Waals surface area (Å²) >= 11 is 0. The number of carbonyl (C=O) groups is 1. The van der Waals surface area contributed by atoms with Crippen molar-refractivity contribution in [3.05, 3.63) is 0 Å². The van der Waals surface area contributed by atoms with Gasteiger partial charge in [0.15, 0.2) is 0 Å². The summed E-state index contributed by atoms with van der Waals surface area (Å²) in [7, 11) is 0. The highest BCUT2D eigenvalue weighted by Gasteiger charge is 2.74. The Morgan fingerprint density at radius 2 is 1.95 bits per heavy atom. The number of hydrogen-bond acceptors (Lipinski definition) is 4. The van der Waals surface area contributed by atoms with Crippen molar-refractivity contribution < 1.29 is 19.4 Å². The molecule has 0 unspecified atom stereocenters. The van der Waals surface area contributed by atoms with Crippen LogP contribution in [0.5, 0.6) is 0 Å². The predicted molar refractivity (Wildman–Crippen MR) is 83.2 cm³/mol. The summed E-state index contributed by atoms with van der Waals surface area (Å²) in [4.78, 5) is 11.6. The van der Waals surface area contributed by atoms with E-state index in [4.69, 9.17) is 9.47 Å². The van der Waals surface area contributed by atoms with Gasteiger partial charge in [0.25, 0.3) is 0 Å². The standard InChI is InChI=1S/C18H30O4/c1-10(2)18-9-14(21-12(4)19)17(6,22-18)13-8-7-11(3)16(13,5)15(18)20/h10-11,13-15,20H,7-9H2,1-6H3/t11-,13-,14-,15+,16-,17+,18-/m1/s1. The minimum absolute atomic E-state index is 0.174. The first-order valence-corrected chi connectivity index (χ1v) is 8.64. The molecule has 126 valence electrons. The summed E-state index contributed by atoms with van der Waals surface area (Å²) < 4.78 is 12.2. The van der Waals surface area contributed by atoms with Gasteiger partial charge < -0.3 is 14.6 Å². The maximum atomic E-state index is 11.6. The van der Waals surface area contributed by atoms with E-state index in [2.05, 4.69) is 34.6 Å². The van der Waals surface area contributed by atoms with Crippen LogP contribution in [0.3, 0.4) is 0 Å². The van der Waals surface area contributed by atoms with Crippen molar-refractivity contribution in [3.8, 4) is 0 Å². The summed E-state index contributed by atoms with van der Waals surface area (Å²) in [5.74, 6) is 0.588. The van der Waals surface area contributed by atoms with Crippen LogP contribution in [0, 0.1) is 23.2 Å². The first-order chi connectivity index (χ1) is 10.1. The van der Waals surface area contributed by atoms with Gasteiger partial charge in [-0.05, 0) is 37.5 Å². The SMILES string of the molecule is CC(=O)O[C@@H]1C[C@]2(C(C)C)O[C@@]1(C)[C@@H]1CC[C@@H](C)[C@@]1(C)[C@@H]2O. The molecule has 2 aliphatic heterocycles. The summed E-state index contributed by atoms with van der Waals surface area (Å²) in [6.45, 7) is 12.2. The van der Waals surface area contributed by atoms with E-state index in [-0.39, 0.29) is 29.3 Å². The van der Waals surface area contributed by atoms with Gasteiger partial charge in [-0.2, -0.15) is 0 Å². The van der Waals surface area contributed by atoms with Gasteiger partial charge in [0, 0.05) is 18.8 Å². The van der Waals surface area contributed by atoms with Crippen LogP contribution in [-0.4, -0.2) is 34.5 Å². The molecule has 1 saturated carbocycles. The van der Waals surface area contributed by atoms with Gasteiger partial charge in [0.05, 0.1) is 6.10 Å². The van der Waals surface area contributed by atoms with Gasteiger partial charge in [-0.15, -0.1) is 0 Å². The van der Waals surface area contributed by atoms with Crippen molar-refractivity contribution in [2.45, 2.75) is 84.2 Å². The molecular weight excluding hydrogens is 280 g/mol. The molecule has 0 spiro atoms. The van der Waals surface area contributed by atoms with Crippen LogP contribution in [0.4, 0.5) is 0 Å². The lowest BCUT2D eigenvalue weighted by molar-refractivity contribution is -0.287. The normalized spacial score (nSPS) is 53.6. The quantitative estimate of drug-likeness (QED) is 0.797. The third-order valence-electron chi connectivity index (χ3n) is 7.28. The highest BCUT2D eigenvalue weighted by molar-refractivity contribution is 5.66. The van der Waals surface area contributed by atoms with Crippen molar-refractivity contribution in [1.82, 2.24) is 0 Å². The number of aliphatic hydroxyl groups excluding tert-OH is 1. The Morgan fingerprint density at radius 1 is 1.32 bits per heavy atom. The average Bonchev–Trinajstić information content (AvgIpc) is 2.86. The van der Waals surface area contributed by atoms with Gasteiger partial charge in [-0.25, -0.2) is 0 Å². The largest absolute Gasteiger partial charge is 0.459 e. The Hall–Kier alpha value is -0.610. The summed E-state index contributed by atoms with van der Waals surface area (Å²) in [6, 6.07) is 0. The average molecular weight is 310 g/mol. The molecule has 3 rings (SSSR count). The van der Waals surface area contributed by atoms with Crippen molar-refractivity contribution in [3.63, 3.8) is 0 Å². The van der Waals surface area contributed by atoms with Crippen molar-refractivity contribution in [2.75, 3.05) is 0 Å². The maximum Gasteiger partial charge on any atom is 0.303 e. The number of hydrogen-bond donors (Lipinski definition) is 1. The van der Waals surface area contributed by atoms with Gasteiger partial charge in [0.2, 0.25) is 0 Å². The van der Waals surface area contributed by atoms with Gasteiger partial charge in [-0.3, -0.25) is 4.79 Å². The molecule has 3 fully saturated rings. The fourth-order valence-electron chi connectivity index (χ4n) is 5.77. The second-order valence-electron chi connectivity index (χ2n) is 8.50. The molecule has 0 amide bonds. The Labute approximate surface area is 133 Å². The molecule has 0 aromatic heterocycles. The Balaban J connectivity index is 2.11. The minimum atomic E-state index is -0.612. The molecular formula is C18H30O4. The Bertz CT molecular complexity index is 489. The molecule has 7 atom stereocenters. The minimum Gasteiger partial charge on any atom is -0.459 e. The lowest BCUT2D eigenvalue weighted by Gasteiger charge is -2.57. The molecule has 0 aromatic rings. The van der Waals surface area contributed by atoms with E-state index < -0.39 is 17.3 Å². The first-order valence-electron chi connectivity index (χ1n) is 8.64. The van der Waals surface area contributed by atoms with Crippen LogP contribution in [0.15, 0.2) is 0 Å². The number of esters is 1. The van der Waals surface area contributed by atoms with Crippen LogP contribution in [-0.2, 0) is 14.3 Å². The van der Waals surface area contributed by atoms with Crippen LogP contribution in [0.25, 0.3) is 0 Å².